The summed E-state index contributed by atoms with van der Waals surface area (Å²) in [7, 11) is 1.53. The molecule has 5 heteroatoms. The molecule has 0 unspecified atom stereocenters. The van der Waals surface area contributed by atoms with Crippen molar-refractivity contribution in [3.05, 3.63) is 108 Å². The molecule has 0 aromatic heterocycles. The third-order valence-corrected chi connectivity index (χ3v) is 4.86. The van der Waals surface area contributed by atoms with E-state index in [2.05, 4.69) is 34.8 Å². The molecule has 0 fully saturated rings. The topological polar surface area (TPSA) is 59.9 Å². The van der Waals surface area contributed by atoms with Crippen LogP contribution in [0.1, 0.15) is 21.5 Å². The number of carbonyl (C=O) groups excluding carboxylic acids is 1. The molecule has 31 heavy (non-hydrogen) atoms. The predicted octanol–water partition coefficient (Wildman–Crippen LogP) is 5.19. The molecule has 0 saturated carbocycles. The lowest BCUT2D eigenvalue weighted by molar-refractivity contribution is 0.0952. The van der Waals surface area contributed by atoms with E-state index in [1.165, 1.54) is 17.9 Å². The van der Waals surface area contributed by atoms with E-state index in [4.69, 9.17) is 9.47 Å². The van der Waals surface area contributed by atoms with Gasteiger partial charge >= 0.3 is 0 Å². The van der Waals surface area contributed by atoms with Crippen LogP contribution in [-0.4, -0.2) is 19.2 Å². The van der Waals surface area contributed by atoms with Gasteiger partial charge in [0.1, 0.15) is 18.1 Å². The van der Waals surface area contributed by atoms with Gasteiger partial charge in [0.15, 0.2) is 0 Å². The molecule has 0 spiro atoms. The summed E-state index contributed by atoms with van der Waals surface area (Å²) < 4.78 is 11.2. The minimum Gasteiger partial charge on any atom is -0.496 e. The van der Waals surface area contributed by atoms with Gasteiger partial charge in [-0.1, -0.05) is 66.7 Å². The maximum Gasteiger partial charge on any atom is 0.275 e. The van der Waals surface area contributed by atoms with Gasteiger partial charge < -0.3 is 9.47 Å². The lowest BCUT2D eigenvalue weighted by Crippen LogP contribution is -2.18. The Morgan fingerprint density at radius 1 is 0.935 bits per heavy atom. The maximum atomic E-state index is 12.3. The molecule has 4 rings (SSSR count). The first-order chi connectivity index (χ1) is 15.2. The molecular weight excluding hydrogens is 388 g/mol. The number of carbonyl (C=O) groups is 1. The standard InChI is InChI=1S/C26H22N2O3/c1-30-25-15-5-4-14-24(25)26(29)28-27-17-19-8-6-12-22(16-19)31-18-21-11-7-10-20-9-2-3-13-23(20)21/h2-17H,18H2,1H3,(H,28,29)/b27-17-. The van der Waals surface area contributed by atoms with Crippen LogP contribution < -0.4 is 14.9 Å². The molecule has 5 nitrogen and oxygen atoms in total. The summed E-state index contributed by atoms with van der Waals surface area (Å²) in [4.78, 5) is 12.3. The van der Waals surface area contributed by atoms with E-state index in [-0.39, 0.29) is 5.91 Å². The van der Waals surface area contributed by atoms with Crippen LogP contribution in [0.3, 0.4) is 0 Å². The number of hydrogen-bond acceptors (Lipinski definition) is 4. The summed E-state index contributed by atoms with van der Waals surface area (Å²) in [6.07, 6.45) is 1.58. The average Bonchev–Trinajstić information content (AvgIpc) is 2.83. The number of benzene rings is 4. The lowest BCUT2D eigenvalue weighted by atomic mass is 10.1. The van der Waals surface area contributed by atoms with Gasteiger partial charge in [-0.25, -0.2) is 5.43 Å². The molecule has 0 bridgehead atoms. The van der Waals surface area contributed by atoms with Crippen molar-refractivity contribution >= 4 is 22.9 Å². The molecule has 0 aliphatic heterocycles. The highest BCUT2D eigenvalue weighted by atomic mass is 16.5. The van der Waals surface area contributed by atoms with Crippen molar-refractivity contribution in [1.29, 1.82) is 0 Å². The summed E-state index contributed by atoms with van der Waals surface area (Å²) in [6.45, 7) is 0.465. The molecule has 154 valence electrons. The second kappa shape index (κ2) is 9.59. The molecule has 0 heterocycles. The Morgan fingerprint density at radius 3 is 2.61 bits per heavy atom. The lowest BCUT2D eigenvalue weighted by Gasteiger charge is -2.09. The number of ether oxygens (including phenoxy) is 2. The van der Waals surface area contributed by atoms with Crippen molar-refractivity contribution in [3.8, 4) is 11.5 Å². The van der Waals surface area contributed by atoms with Crippen LogP contribution in [0.4, 0.5) is 0 Å². The summed E-state index contributed by atoms with van der Waals surface area (Å²) >= 11 is 0. The predicted molar refractivity (Wildman–Crippen MR) is 123 cm³/mol. The van der Waals surface area contributed by atoms with Crippen LogP contribution in [0.15, 0.2) is 96.1 Å². The van der Waals surface area contributed by atoms with Gasteiger partial charge in [0.2, 0.25) is 0 Å². The molecular formula is C26H22N2O3. The molecule has 0 aliphatic rings. The van der Waals surface area contributed by atoms with Gasteiger partial charge in [-0.3, -0.25) is 4.79 Å². The van der Waals surface area contributed by atoms with E-state index in [1.54, 1.807) is 24.4 Å². The largest absolute Gasteiger partial charge is 0.496 e. The van der Waals surface area contributed by atoms with Crippen molar-refractivity contribution < 1.29 is 14.3 Å². The van der Waals surface area contributed by atoms with E-state index in [0.717, 1.165) is 16.9 Å². The summed E-state index contributed by atoms with van der Waals surface area (Å²) in [6, 6.07) is 29.0. The van der Waals surface area contributed by atoms with Crippen LogP contribution in [-0.2, 0) is 6.61 Å². The second-order valence-corrected chi connectivity index (χ2v) is 6.90. The van der Waals surface area contributed by atoms with E-state index < -0.39 is 0 Å². The van der Waals surface area contributed by atoms with Crippen molar-refractivity contribution in [3.63, 3.8) is 0 Å². The highest BCUT2D eigenvalue weighted by Gasteiger charge is 2.10. The minimum atomic E-state index is -0.336. The van der Waals surface area contributed by atoms with Crippen molar-refractivity contribution in [2.75, 3.05) is 7.11 Å². The fourth-order valence-electron chi connectivity index (χ4n) is 3.32. The van der Waals surface area contributed by atoms with E-state index in [9.17, 15) is 4.79 Å². The number of nitrogens with one attached hydrogen (secondary N) is 1. The first-order valence-electron chi connectivity index (χ1n) is 9.90. The maximum absolute atomic E-state index is 12.3. The number of nitrogens with zero attached hydrogens (tertiary/aromatic N) is 1. The number of amides is 1. The molecule has 4 aromatic carbocycles. The van der Waals surface area contributed by atoms with Crippen LogP contribution in [0, 0.1) is 0 Å². The molecule has 0 aliphatic carbocycles. The van der Waals surface area contributed by atoms with Gasteiger partial charge in [-0.15, -0.1) is 0 Å². The third-order valence-electron chi connectivity index (χ3n) is 4.86. The highest BCUT2D eigenvalue weighted by Crippen LogP contribution is 2.21. The number of hydrogen-bond donors (Lipinski definition) is 1. The molecule has 4 aromatic rings. The van der Waals surface area contributed by atoms with Crippen molar-refractivity contribution in [1.82, 2.24) is 5.43 Å². The number of rotatable bonds is 7. The van der Waals surface area contributed by atoms with Crippen LogP contribution in [0.2, 0.25) is 0 Å². The zero-order valence-electron chi connectivity index (χ0n) is 17.1. The van der Waals surface area contributed by atoms with E-state index >= 15 is 0 Å². The Balaban J connectivity index is 1.40. The number of hydrazone groups is 1. The molecule has 0 saturated heterocycles. The summed E-state index contributed by atoms with van der Waals surface area (Å²) in [5.74, 6) is 0.893. The molecule has 0 atom stereocenters. The van der Waals surface area contributed by atoms with E-state index in [0.29, 0.717) is 17.9 Å². The van der Waals surface area contributed by atoms with Gasteiger partial charge in [-0.05, 0) is 46.2 Å². The molecule has 1 amide bonds. The van der Waals surface area contributed by atoms with Crippen LogP contribution in [0.25, 0.3) is 10.8 Å². The first kappa shape index (κ1) is 20.2. The van der Waals surface area contributed by atoms with E-state index in [1.807, 2.05) is 48.5 Å². The Bertz CT molecular complexity index is 1230. The van der Waals surface area contributed by atoms with Gasteiger partial charge in [0.25, 0.3) is 5.91 Å². The monoisotopic (exact) mass is 410 g/mol. The fourth-order valence-corrected chi connectivity index (χ4v) is 3.32. The normalized spacial score (nSPS) is 10.9. The molecule has 0 radical (unpaired) electrons. The van der Waals surface area contributed by atoms with Gasteiger partial charge in [-0.2, -0.15) is 5.10 Å². The Labute approximate surface area is 180 Å². The highest BCUT2D eigenvalue weighted by molar-refractivity contribution is 5.97. The summed E-state index contributed by atoms with van der Waals surface area (Å²) in [5.41, 5.74) is 4.90. The van der Waals surface area contributed by atoms with Crippen molar-refractivity contribution in [2.45, 2.75) is 6.61 Å². The Kier molecular flexibility index (Phi) is 6.24. The van der Waals surface area contributed by atoms with Gasteiger partial charge in [0, 0.05) is 0 Å². The second-order valence-electron chi connectivity index (χ2n) is 6.90. The number of fused-ring (bicyclic) bond motifs is 1. The van der Waals surface area contributed by atoms with Crippen LogP contribution >= 0.6 is 0 Å². The van der Waals surface area contributed by atoms with Crippen LogP contribution in [0.5, 0.6) is 11.5 Å². The fraction of sp³-hybridized carbons (Fsp3) is 0.0769. The SMILES string of the molecule is COc1ccccc1C(=O)N/N=C\c1cccc(OCc2cccc3ccccc23)c1. The molecule has 1 N–H and O–H groups in total. The van der Waals surface area contributed by atoms with Crippen molar-refractivity contribution in [2.24, 2.45) is 5.10 Å². The van der Waals surface area contributed by atoms with Gasteiger partial charge in [0.05, 0.1) is 18.9 Å². The minimum absolute atomic E-state index is 0.336. The number of para-hydroxylation sites is 1. The smallest absolute Gasteiger partial charge is 0.275 e. The quantitative estimate of drug-likeness (QED) is 0.337. The zero-order valence-corrected chi connectivity index (χ0v) is 17.1. The first-order valence-corrected chi connectivity index (χ1v) is 9.90. The number of methoxy groups -OCH3 is 1. The Morgan fingerprint density at radius 2 is 1.71 bits per heavy atom. The third kappa shape index (κ3) is 4.90. The Hall–Kier alpha value is -4.12. The summed E-state index contributed by atoms with van der Waals surface area (Å²) in [5, 5.41) is 6.43. The average molecular weight is 410 g/mol. The zero-order chi connectivity index (χ0) is 21.5.